The summed E-state index contributed by atoms with van der Waals surface area (Å²) in [5.41, 5.74) is 1.40. The summed E-state index contributed by atoms with van der Waals surface area (Å²) < 4.78 is 4.96. The lowest BCUT2D eigenvalue weighted by atomic mass is 10.4. The Bertz CT molecular complexity index is 583. The first kappa shape index (κ1) is 13.8. The second-order valence-electron chi connectivity index (χ2n) is 3.65. The van der Waals surface area contributed by atoms with Crippen LogP contribution in [0.25, 0.3) is 0 Å². The first-order valence-electron chi connectivity index (χ1n) is 5.63. The number of anilines is 2. The number of hydrogen-bond acceptors (Lipinski definition) is 6. The van der Waals surface area contributed by atoms with Crippen molar-refractivity contribution in [2.75, 3.05) is 11.9 Å². The van der Waals surface area contributed by atoms with Gasteiger partial charge in [0.1, 0.15) is 10.0 Å². The van der Waals surface area contributed by atoms with E-state index in [9.17, 15) is 4.79 Å². The fraction of sp³-hybridized carbons (Fsp3) is 0.250. The van der Waals surface area contributed by atoms with E-state index in [1.165, 1.54) is 11.3 Å². The summed E-state index contributed by atoms with van der Waals surface area (Å²) >= 11 is 6.96. The summed E-state index contributed by atoms with van der Waals surface area (Å²) in [4.78, 5) is 20.4. The molecule has 19 heavy (non-hydrogen) atoms. The molecule has 0 aromatic carbocycles. The van der Waals surface area contributed by atoms with Gasteiger partial charge in [0.15, 0.2) is 5.13 Å². The molecule has 0 saturated heterocycles. The lowest BCUT2D eigenvalue weighted by molar-refractivity contribution is 0.0531. The van der Waals surface area contributed by atoms with Gasteiger partial charge in [-0.05, 0) is 26.0 Å². The van der Waals surface area contributed by atoms with Crippen LogP contribution < -0.4 is 5.32 Å². The number of carbonyl (C=O) groups is 1. The number of pyridine rings is 1. The maximum absolute atomic E-state index is 11.7. The summed E-state index contributed by atoms with van der Waals surface area (Å²) in [6, 6.07) is 3.46. The average Bonchev–Trinajstić information content (AvgIpc) is 2.74. The van der Waals surface area contributed by atoms with E-state index in [2.05, 4.69) is 15.3 Å². The fourth-order valence-electron chi connectivity index (χ4n) is 1.41. The number of esters is 1. The third-order valence-electron chi connectivity index (χ3n) is 2.24. The zero-order chi connectivity index (χ0) is 13.8. The van der Waals surface area contributed by atoms with Crippen LogP contribution in [0.5, 0.6) is 0 Å². The molecule has 2 heterocycles. The number of ether oxygens (including phenoxy) is 1. The number of halogens is 1. The number of carbonyl (C=O) groups excluding carboxylic acids is 1. The van der Waals surface area contributed by atoms with Crippen molar-refractivity contribution in [2.45, 2.75) is 13.8 Å². The lowest BCUT2D eigenvalue weighted by Crippen LogP contribution is -2.03. The maximum Gasteiger partial charge on any atom is 0.350 e. The third kappa shape index (κ3) is 3.42. The predicted molar refractivity (Wildman–Crippen MR) is 75.3 cm³/mol. The molecule has 0 aliphatic heterocycles. The van der Waals surface area contributed by atoms with Crippen molar-refractivity contribution in [3.8, 4) is 0 Å². The molecule has 5 nitrogen and oxygen atoms in total. The Morgan fingerprint density at radius 2 is 2.32 bits per heavy atom. The zero-order valence-corrected chi connectivity index (χ0v) is 12.0. The Morgan fingerprint density at radius 3 is 2.95 bits per heavy atom. The van der Waals surface area contributed by atoms with Gasteiger partial charge in [-0.2, -0.15) is 0 Å². The molecule has 0 saturated carbocycles. The van der Waals surface area contributed by atoms with Gasteiger partial charge in [-0.15, -0.1) is 0 Å². The summed E-state index contributed by atoms with van der Waals surface area (Å²) in [5.74, 6) is -0.347. The van der Waals surface area contributed by atoms with Gasteiger partial charge in [-0.25, -0.2) is 14.8 Å². The predicted octanol–water partition coefficient (Wildman–Crippen LogP) is 3.42. The molecular weight excluding hydrogens is 286 g/mol. The molecule has 2 aromatic heterocycles. The largest absolute Gasteiger partial charge is 0.462 e. The third-order valence-corrected chi connectivity index (χ3v) is 3.51. The highest BCUT2D eigenvalue weighted by atomic mass is 35.5. The van der Waals surface area contributed by atoms with Crippen LogP contribution in [0.1, 0.15) is 22.3 Å². The maximum atomic E-state index is 11.7. The number of nitrogens with one attached hydrogen (secondary N) is 1. The molecule has 2 rings (SSSR count). The summed E-state index contributed by atoms with van der Waals surface area (Å²) in [5, 5.41) is 4.11. The van der Waals surface area contributed by atoms with Crippen molar-refractivity contribution in [3.05, 3.63) is 34.1 Å². The summed E-state index contributed by atoms with van der Waals surface area (Å²) in [7, 11) is 0. The van der Waals surface area contributed by atoms with Gasteiger partial charge in [0, 0.05) is 0 Å². The van der Waals surface area contributed by atoms with Crippen LogP contribution in [-0.2, 0) is 4.74 Å². The van der Waals surface area contributed by atoms with E-state index in [0.717, 1.165) is 5.69 Å². The van der Waals surface area contributed by atoms with Crippen LogP contribution in [0, 0.1) is 6.92 Å². The molecule has 0 radical (unpaired) electrons. The molecular formula is C12H12ClN3O2S. The van der Waals surface area contributed by atoms with Crippen LogP contribution in [0.15, 0.2) is 18.3 Å². The summed E-state index contributed by atoms with van der Waals surface area (Å²) in [6.07, 6.45) is 1.60. The standard InChI is InChI=1S/C12H12ClN3O2S/c1-3-18-11(17)10-7(2)15-12(19-10)16-8-4-5-9(13)14-6-8/h4-6H,3H2,1-2H3,(H,15,16). The first-order valence-corrected chi connectivity index (χ1v) is 6.82. The molecule has 0 amide bonds. The Hall–Kier alpha value is -1.66. The van der Waals surface area contributed by atoms with Crippen LogP contribution in [0.4, 0.5) is 10.8 Å². The number of hydrogen-bond donors (Lipinski definition) is 1. The molecule has 0 aliphatic carbocycles. The SMILES string of the molecule is CCOC(=O)c1sc(Nc2ccc(Cl)nc2)nc1C. The topological polar surface area (TPSA) is 64.1 Å². The van der Waals surface area contributed by atoms with Gasteiger partial charge in [-0.1, -0.05) is 22.9 Å². The monoisotopic (exact) mass is 297 g/mol. The highest BCUT2D eigenvalue weighted by molar-refractivity contribution is 7.17. The first-order chi connectivity index (χ1) is 9.10. The van der Waals surface area contributed by atoms with Gasteiger partial charge in [0.2, 0.25) is 0 Å². The van der Waals surface area contributed by atoms with Crippen molar-refractivity contribution in [1.82, 2.24) is 9.97 Å². The van der Waals surface area contributed by atoms with E-state index in [-0.39, 0.29) is 5.97 Å². The highest BCUT2D eigenvalue weighted by Gasteiger charge is 2.16. The molecule has 1 N–H and O–H groups in total. The second kappa shape index (κ2) is 5.99. The van der Waals surface area contributed by atoms with E-state index in [1.807, 2.05) is 0 Å². The van der Waals surface area contributed by atoms with Crippen LogP contribution in [0.3, 0.4) is 0 Å². The van der Waals surface area contributed by atoms with Gasteiger partial charge in [0.05, 0.1) is 24.2 Å². The quantitative estimate of drug-likeness (QED) is 0.692. The van der Waals surface area contributed by atoms with Crippen LogP contribution in [0.2, 0.25) is 5.15 Å². The van der Waals surface area contributed by atoms with Crippen LogP contribution >= 0.6 is 22.9 Å². The molecule has 0 fully saturated rings. The molecule has 0 unspecified atom stereocenters. The van der Waals surface area contributed by atoms with Crippen molar-refractivity contribution in [3.63, 3.8) is 0 Å². The fourth-order valence-corrected chi connectivity index (χ4v) is 2.40. The minimum absolute atomic E-state index is 0.347. The zero-order valence-electron chi connectivity index (χ0n) is 10.4. The average molecular weight is 298 g/mol. The molecule has 0 aliphatic rings. The van der Waals surface area contributed by atoms with Gasteiger partial charge >= 0.3 is 5.97 Å². The molecule has 0 atom stereocenters. The number of aryl methyl sites for hydroxylation is 1. The molecule has 0 bridgehead atoms. The van der Waals surface area contributed by atoms with Crippen LogP contribution in [-0.4, -0.2) is 22.5 Å². The van der Waals surface area contributed by atoms with Crippen molar-refractivity contribution in [1.29, 1.82) is 0 Å². The Kier molecular flexibility index (Phi) is 4.34. The highest BCUT2D eigenvalue weighted by Crippen LogP contribution is 2.26. The van der Waals surface area contributed by atoms with Crippen molar-refractivity contribution >= 4 is 39.7 Å². The summed E-state index contributed by atoms with van der Waals surface area (Å²) in [6.45, 7) is 3.89. The van der Waals surface area contributed by atoms with E-state index in [1.54, 1.807) is 32.2 Å². The van der Waals surface area contributed by atoms with Crippen molar-refractivity contribution in [2.24, 2.45) is 0 Å². The molecule has 7 heteroatoms. The smallest absolute Gasteiger partial charge is 0.350 e. The van der Waals surface area contributed by atoms with E-state index < -0.39 is 0 Å². The lowest BCUT2D eigenvalue weighted by Gasteiger charge is -2.00. The Morgan fingerprint density at radius 1 is 1.53 bits per heavy atom. The van der Waals surface area contributed by atoms with Gasteiger partial charge in [-0.3, -0.25) is 0 Å². The van der Waals surface area contributed by atoms with Crippen molar-refractivity contribution < 1.29 is 9.53 Å². The normalized spacial score (nSPS) is 10.3. The Labute approximate surface area is 119 Å². The van der Waals surface area contributed by atoms with E-state index in [0.29, 0.717) is 27.5 Å². The molecule has 2 aromatic rings. The van der Waals surface area contributed by atoms with E-state index in [4.69, 9.17) is 16.3 Å². The van der Waals surface area contributed by atoms with Gasteiger partial charge < -0.3 is 10.1 Å². The number of nitrogens with zero attached hydrogens (tertiary/aromatic N) is 2. The molecule has 0 spiro atoms. The minimum atomic E-state index is -0.347. The number of thiazole rings is 1. The van der Waals surface area contributed by atoms with Gasteiger partial charge in [0.25, 0.3) is 0 Å². The van der Waals surface area contributed by atoms with E-state index >= 15 is 0 Å². The second-order valence-corrected chi connectivity index (χ2v) is 5.03. The Balaban J connectivity index is 2.16. The molecule has 100 valence electrons. The number of rotatable bonds is 4. The number of aromatic nitrogens is 2. The minimum Gasteiger partial charge on any atom is -0.462 e.